The molecule has 0 aromatic rings. The Morgan fingerprint density at radius 1 is 1.21 bits per heavy atom. The molecule has 0 saturated heterocycles. The van der Waals surface area contributed by atoms with E-state index in [1.807, 2.05) is 0 Å². The molecule has 3 rings (SSSR count). The van der Waals surface area contributed by atoms with Gasteiger partial charge in [-0.05, 0) is 50.5 Å². The van der Waals surface area contributed by atoms with Crippen LogP contribution in [0.2, 0.25) is 0 Å². The van der Waals surface area contributed by atoms with Gasteiger partial charge in [0.05, 0.1) is 0 Å². The van der Waals surface area contributed by atoms with Crippen LogP contribution in [0, 0.1) is 5.41 Å². The van der Waals surface area contributed by atoms with E-state index in [1.165, 1.54) is 0 Å². The van der Waals surface area contributed by atoms with E-state index >= 15 is 0 Å². The van der Waals surface area contributed by atoms with Gasteiger partial charge in [-0.1, -0.05) is 0 Å². The number of hydrogen-bond donors (Lipinski definition) is 3. The van der Waals surface area contributed by atoms with E-state index in [9.17, 15) is 4.79 Å². The summed E-state index contributed by atoms with van der Waals surface area (Å²) < 4.78 is 0. The number of fused-ring (bicyclic) bond motifs is 3. The van der Waals surface area contributed by atoms with Gasteiger partial charge in [0.2, 0.25) is 0 Å². The minimum atomic E-state index is -0.882. The number of nitrogens with one attached hydrogen (secondary N) is 1. The van der Waals surface area contributed by atoms with Gasteiger partial charge >= 0.3 is 6.09 Å². The van der Waals surface area contributed by atoms with E-state index in [0.29, 0.717) is 5.41 Å². The number of carbonyl (C=O) groups is 1. The van der Waals surface area contributed by atoms with Crippen LogP contribution in [0.25, 0.3) is 0 Å². The molecule has 4 nitrogen and oxygen atoms in total. The second-order valence-electron chi connectivity index (χ2n) is 4.91. The summed E-state index contributed by atoms with van der Waals surface area (Å²) >= 11 is 0. The molecule has 0 atom stereocenters. The quantitative estimate of drug-likeness (QED) is 0.626. The van der Waals surface area contributed by atoms with Crippen molar-refractivity contribution in [2.45, 2.75) is 44.1 Å². The topological polar surface area (TPSA) is 75.3 Å². The van der Waals surface area contributed by atoms with Crippen LogP contribution >= 0.6 is 0 Å². The van der Waals surface area contributed by atoms with Gasteiger partial charge in [-0.15, -0.1) is 0 Å². The maximum absolute atomic E-state index is 10.7. The standard InChI is InChI=1S/C10H18N2O2/c11-7-9-1-4-10(5-2-9,6-3-9)12-8(13)14/h12H,1-7,11H2,(H,13,14). The lowest BCUT2D eigenvalue weighted by Crippen LogP contribution is -2.57. The summed E-state index contributed by atoms with van der Waals surface area (Å²) in [5, 5.41) is 11.5. The minimum Gasteiger partial charge on any atom is -0.465 e. The van der Waals surface area contributed by atoms with Crippen molar-refractivity contribution in [3.63, 3.8) is 0 Å². The maximum Gasteiger partial charge on any atom is 0.405 e. The zero-order chi connectivity index (χ0) is 10.2. The van der Waals surface area contributed by atoms with Gasteiger partial charge < -0.3 is 16.2 Å². The van der Waals surface area contributed by atoms with E-state index in [0.717, 1.165) is 45.1 Å². The highest BCUT2D eigenvalue weighted by atomic mass is 16.4. The van der Waals surface area contributed by atoms with Crippen LogP contribution in [-0.4, -0.2) is 23.3 Å². The van der Waals surface area contributed by atoms with Crippen LogP contribution in [0.3, 0.4) is 0 Å². The van der Waals surface area contributed by atoms with Gasteiger partial charge in [-0.2, -0.15) is 0 Å². The summed E-state index contributed by atoms with van der Waals surface area (Å²) in [6.45, 7) is 0.760. The summed E-state index contributed by atoms with van der Waals surface area (Å²) in [5.74, 6) is 0. The first-order valence-corrected chi connectivity index (χ1v) is 5.31. The average Bonchev–Trinajstić information content (AvgIpc) is 2.19. The van der Waals surface area contributed by atoms with Crippen molar-refractivity contribution in [2.24, 2.45) is 11.1 Å². The predicted octanol–water partition coefficient (Wildman–Crippen LogP) is 1.31. The van der Waals surface area contributed by atoms with Crippen LogP contribution in [0.4, 0.5) is 4.79 Å². The molecule has 3 fully saturated rings. The molecule has 0 unspecified atom stereocenters. The van der Waals surface area contributed by atoms with Crippen molar-refractivity contribution in [1.29, 1.82) is 0 Å². The normalized spacial score (nSPS) is 40.9. The van der Waals surface area contributed by atoms with Gasteiger partial charge in [0.1, 0.15) is 0 Å². The molecule has 3 saturated carbocycles. The number of nitrogens with two attached hydrogens (primary N) is 1. The van der Waals surface area contributed by atoms with Crippen LogP contribution in [0.5, 0.6) is 0 Å². The molecule has 3 aliphatic rings. The third-order valence-electron chi connectivity index (χ3n) is 4.21. The third-order valence-corrected chi connectivity index (χ3v) is 4.21. The molecule has 0 spiro atoms. The molecule has 14 heavy (non-hydrogen) atoms. The fourth-order valence-corrected chi connectivity index (χ4v) is 2.98. The largest absolute Gasteiger partial charge is 0.465 e. The Kier molecular flexibility index (Phi) is 2.18. The molecule has 0 aromatic carbocycles. The first-order valence-electron chi connectivity index (χ1n) is 5.31. The predicted molar refractivity (Wildman–Crippen MR) is 53.1 cm³/mol. The maximum atomic E-state index is 10.7. The van der Waals surface area contributed by atoms with E-state index in [1.54, 1.807) is 0 Å². The summed E-state index contributed by atoms with van der Waals surface area (Å²) in [7, 11) is 0. The highest BCUT2D eigenvalue weighted by Crippen LogP contribution is 2.51. The highest BCUT2D eigenvalue weighted by molar-refractivity contribution is 5.65. The average molecular weight is 198 g/mol. The van der Waals surface area contributed by atoms with Gasteiger partial charge in [0.25, 0.3) is 0 Å². The molecule has 2 bridgehead atoms. The summed E-state index contributed by atoms with van der Waals surface area (Å²) in [6, 6.07) is 0. The zero-order valence-corrected chi connectivity index (χ0v) is 8.38. The van der Waals surface area contributed by atoms with Crippen LogP contribution in [0.1, 0.15) is 38.5 Å². The Labute approximate surface area is 83.9 Å². The Morgan fingerprint density at radius 2 is 1.71 bits per heavy atom. The van der Waals surface area contributed by atoms with Crippen LogP contribution in [0.15, 0.2) is 0 Å². The van der Waals surface area contributed by atoms with E-state index in [2.05, 4.69) is 5.32 Å². The van der Waals surface area contributed by atoms with Crippen molar-refractivity contribution in [1.82, 2.24) is 5.32 Å². The molecular formula is C10H18N2O2. The second-order valence-corrected chi connectivity index (χ2v) is 4.91. The lowest BCUT2D eigenvalue weighted by molar-refractivity contribution is 0.0310. The highest BCUT2D eigenvalue weighted by Gasteiger charge is 2.48. The monoisotopic (exact) mass is 198 g/mol. The summed E-state index contributed by atoms with van der Waals surface area (Å²) in [6.07, 6.45) is 5.29. The van der Waals surface area contributed by atoms with Gasteiger partial charge in [0.15, 0.2) is 0 Å². The van der Waals surface area contributed by atoms with Gasteiger partial charge in [0, 0.05) is 5.54 Å². The van der Waals surface area contributed by atoms with Crippen molar-refractivity contribution >= 4 is 6.09 Å². The fraction of sp³-hybridized carbons (Fsp3) is 0.900. The second kappa shape index (κ2) is 3.12. The summed E-state index contributed by atoms with van der Waals surface area (Å²) in [4.78, 5) is 10.7. The SMILES string of the molecule is NCC12CCC(NC(=O)O)(CC1)CC2. The van der Waals surface area contributed by atoms with Gasteiger partial charge in [-0.3, -0.25) is 0 Å². The molecule has 0 aromatic heterocycles. The first kappa shape index (κ1) is 9.77. The Morgan fingerprint density at radius 3 is 2.07 bits per heavy atom. The third kappa shape index (κ3) is 1.47. The number of carboxylic acid groups (broad SMARTS) is 1. The zero-order valence-electron chi connectivity index (χ0n) is 8.38. The number of amides is 1. The number of rotatable bonds is 2. The molecule has 80 valence electrons. The fourth-order valence-electron chi connectivity index (χ4n) is 2.98. The molecule has 4 heteroatoms. The number of hydrogen-bond acceptors (Lipinski definition) is 2. The molecule has 4 N–H and O–H groups in total. The Bertz CT molecular complexity index is 228. The van der Waals surface area contributed by atoms with Crippen molar-refractivity contribution in [2.75, 3.05) is 6.54 Å². The Hall–Kier alpha value is -0.770. The smallest absolute Gasteiger partial charge is 0.405 e. The van der Waals surface area contributed by atoms with E-state index < -0.39 is 6.09 Å². The van der Waals surface area contributed by atoms with E-state index in [4.69, 9.17) is 10.8 Å². The molecule has 1 amide bonds. The van der Waals surface area contributed by atoms with Crippen LogP contribution in [-0.2, 0) is 0 Å². The summed E-state index contributed by atoms with van der Waals surface area (Å²) in [5.41, 5.74) is 5.99. The van der Waals surface area contributed by atoms with Crippen LogP contribution < -0.4 is 11.1 Å². The van der Waals surface area contributed by atoms with Gasteiger partial charge in [-0.25, -0.2) is 4.79 Å². The molecule has 0 heterocycles. The van der Waals surface area contributed by atoms with E-state index in [-0.39, 0.29) is 5.54 Å². The first-order chi connectivity index (χ1) is 6.60. The van der Waals surface area contributed by atoms with Crippen molar-refractivity contribution in [3.8, 4) is 0 Å². The van der Waals surface area contributed by atoms with Crippen molar-refractivity contribution < 1.29 is 9.90 Å². The Balaban J connectivity index is 2.05. The molecule has 0 radical (unpaired) electrons. The lowest BCUT2D eigenvalue weighted by Gasteiger charge is -2.52. The molecular weight excluding hydrogens is 180 g/mol. The minimum absolute atomic E-state index is 0.122. The molecule has 0 aliphatic heterocycles. The van der Waals surface area contributed by atoms with Crippen molar-refractivity contribution in [3.05, 3.63) is 0 Å². The lowest BCUT2D eigenvalue weighted by atomic mass is 9.57. The molecule has 3 aliphatic carbocycles.